The van der Waals surface area contributed by atoms with Crippen LogP contribution in [-0.2, 0) is 4.79 Å². The molecule has 0 unspecified atom stereocenters. The van der Waals surface area contributed by atoms with Crippen LogP contribution >= 0.6 is 0 Å². The van der Waals surface area contributed by atoms with Gasteiger partial charge in [-0.3, -0.25) is 4.79 Å². The van der Waals surface area contributed by atoms with Gasteiger partial charge in [0, 0.05) is 0 Å². The molecule has 0 saturated carbocycles. The second-order valence-electron chi connectivity index (χ2n) is 2.04. The molecule has 9 heavy (non-hydrogen) atoms. The first-order chi connectivity index (χ1) is 4.06. The molecule has 0 rings (SSSR count). The zero-order valence-electron chi connectivity index (χ0n) is 5.78. The van der Waals surface area contributed by atoms with Crippen molar-refractivity contribution in [3.8, 4) is 0 Å². The number of hydrogen-bond donors (Lipinski definition) is 1. The molecule has 2 nitrogen and oxygen atoms in total. The standard InChI is InChI=1S/C6H12FNO/c1-3-6(7,4-2)5(8)9/h3-4H2,1-2H3,(H2,8,9). The van der Waals surface area contributed by atoms with Gasteiger partial charge in [-0.2, -0.15) is 0 Å². The van der Waals surface area contributed by atoms with E-state index >= 15 is 0 Å². The van der Waals surface area contributed by atoms with Crippen LogP contribution in [0.15, 0.2) is 0 Å². The van der Waals surface area contributed by atoms with Gasteiger partial charge in [0.2, 0.25) is 0 Å². The number of amides is 1. The van der Waals surface area contributed by atoms with Crippen molar-refractivity contribution in [2.24, 2.45) is 5.73 Å². The third kappa shape index (κ3) is 1.66. The lowest BCUT2D eigenvalue weighted by molar-refractivity contribution is -0.129. The number of primary amides is 1. The summed E-state index contributed by atoms with van der Waals surface area (Å²) in [4.78, 5) is 10.3. The van der Waals surface area contributed by atoms with Gasteiger partial charge in [0.15, 0.2) is 5.67 Å². The summed E-state index contributed by atoms with van der Waals surface area (Å²) in [5.41, 5.74) is 3.00. The van der Waals surface area contributed by atoms with Gasteiger partial charge >= 0.3 is 0 Å². The number of hydrogen-bond acceptors (Lipinski definition) is 1. The SMILES string of the molecule is CCC(F)(CC)C(N)=O. The monoisotopic (exact) mass is 133 g/mol. The second kappa shape index (κ2) is 2.80. The molecule has 0 aliphatic rings. The molecule has 0 atom stereocenters. The number of carbonyl (C=O) groups is 1. The first-order valence-corrected chi connectivity index (χ1v) is 3.05. The third-order valence-corrected chi connectivity index (χ3v) is 1.56. The molecule has 0 saturated heterocycles. The van der Waals surface area contributed by atoms with Crippen molar-refractivity contribution in [2.45, 2.75) is 32.4 Å². The Hall–Kier alpha value is -0.600. The third-order valence-electron chi connectivity index (χ3n) is 1.56. The molecule has 0 spiro atoms. The summed E-state index contributed by atoms with van der Waals surface area (Å²) in [6.45, 7) is 3.21. The van der Waals surface area contributed by atoms with Crippen LogP contribution in [-0.4, -0.2) is 11.6 Å². The fraction of sp³-hybridized carbons (Fsp3) is 0.833. The van der Waals surface area contributed by atoms with Crippen LogP contribution in [0.5, 0.6) is 0 Å². The summed E-state index contributed by atoms with van der Waals surface area (Å²) in [6.07, 6.45) is 0.331. The summed E-state index contributed by atoms with van der Waals surface area (Å²) in [6, 6.07) is 0. The first kappa shape index (κ1) is 8.40. The highest BCUT2D eigenvalue weighted by atomic mass is 19.1. The van der Waals surface area contributed by atoms with Gasteiger partial charge in [-0.25, -0.2) is 4.39 Å². The first-order valence-electron chi connectivity index (χ1n) is 3.05. The molecule has 0 aromatic rings. The maximum absolute atomic E-state index is 12.9. The van der Waals surface area contributed by atoms with Crippen LogP contribution in [0, 0.1) is 0 Å². The molecule has 0 radical (unpaired) electrons. The van der Waals surface area contributed by atoms with Gasteiger partial charge < -0.3 is 5.73 Å². The van der Waals surface area contributed by atoms with Gasteiger partial charge in [0.25, 0.3) is 5.91 Å². The summed E-state index contributed by atoms with van der Waals surface area (Å²) >= 11 is 0. The predicted octanol–water partition coefficient (Wildman–Crippen LogP) is 1.00. The van der Waals surface area contributed by atoms with E-state index in [-0.39, 0.29) is 12.8 Å². The molecular weight excluding hydrogens is 121 g/mol. The van der Waals surface area contributed by atoms with Gasteiger partial charge in [0.05, 0.1) is 0 Å². The summed E-state index contributed by atoms with van der Waals surface area (Å²) in [5, 5.41) is 0. The fourth-order valence-electron chi connectivity index (χ4n) is 0.598. The van der Waals surface area contributed by atoms with Crippen LogP contribution in [0.2, 0.25) is 0 Å². The molecule has 0 heterocycles. The van der Waals surface area contributed by atoms with Crippen molar-refractivity contribution in [1.29, 1.82) is 0 Å². The van der Waals surface area contributed by atoms with Crippen LogP contribution in [0.3, 0.4) is 0 Å². The predicted molar refractivity (Wildman–Crippen MR) is 33.6 cm³/mol. The van der Waals surface area contributed by atoms with Crippen LogP contribution in [0.25, 0.3) is 0 Å². The lowest BCUT2D eigenvalue weighted by Crippen LogP contribution is -2.38. The van der Waals surface area contributed by atoms with Crippen LogP contribution in [0.1, 0.15) is 26.7 Å². The summed E-state index contributed by atoms with van der Waals surface area (Å²) in [5.74, 6) is -0.854. The van der Waals surface area contributed by atoms with Gasteiger partial charge in [-0.15, -0.1) is 0 Å². The van der Waals surface area contributed by atoms with E-state index in [1.165, 1.54) is 0 Å². The Labute approximate surface area is 54.2 Å². The summed E-state index contributed by atoms with van der Waals surface area (Å²) < 4.78 is 12.9. The van der Waals surface area contributed by atoms with Crippen LogP contribution < -0.4 is 5.73 Å². The number of carbonyl (C=O) groups excluding carboxylic acids is 1. The molecule has 0 fully saturated rings. The van der Waals surface area contributed by atoms with E-state index in [1.54, 1.807) is 13.8 Å². The van der Waals surface area contributed by atoms with E-state index in [0.717, 1.165) is 0 Å². The van der Waals surface area contributed by atoms with E-state index in [1.807, 2.05) is 0 Å². The van der Waals surface area contributed by atoms with E-state index in [2.05, 4.69) is 0 Å². The smallest absolute Gasteiger partial charge is 0.255 e. The largest absolute Gasteiger partial charge is 0.367 e. The molecule has 1 amide bonds. The van der Waals surface area contributed by atoms with E-state index in [4.69, 9.17) is 5.73 Å². The zero-order valence-corrected chi connectivity index (χ0v) is 5.78. The van der Waals surface area contributed by atoms with Crippen molar-refractivity contribution in [1.82, 2.24) is 0 Å². The van der Waals surface area contributed by atoms with E-state index < -0.39 is 11.6 Å². The molecule has 54 valence electrons. The Morgan fingerprint density at radius 3 is 1.89 bits per heavy atom. The van der Waals surface area contributed by atoms with Crippen molar-refractivity contribution < 1.29 is 9.18 Å². The Bertz CT molecular complexity index is 110. The Morgan fingerprint density at radius 1 is 1.56 bits per heavy atom. The normalized spacial score (nSPS) is 11.4. The molecule has 0 aromatic carbocycles. The molecule has 0 aliphatic carbocycles. The number of halogens is 1. The minimum absolute atomic E-state index is 0.166. The number of alkyl halides is 1. The topological polar surface area (TPSA) is 43.1 Å². The number of nitrogens with two attached hydrogens (primary N) is 1. The highest BCUT2D eigenvalue weighted by Crippen LogP contribution is 2.18. The fourth-order valence-corrected chi connectivity index (χ4v) is 0.598. The molecule has 2 N–H and O–H groups in total. The van der Waals surface area contributed by atoms with Gasteiger partial charge in [0.1, 0.15) is 0 Å². The van der Waals surface area contributed by atoms with Crippen molar-refractivity contribution in [3.05, 3.63) is 0 Å². The highest BCUT2D eigenvalue weighted by Gasteiger charge is 2.31. The molecule has 0 bridgehead atoms. The summed E-state index contributed by atoms with van der Waals surface area (Å²) in [7, 11) is 0. The van der Waals surface area contributed by atoms with Crippen molar-refractivity contribution in [3.63, 3.8) is 0 Å². The molecule has 0 aliphatic heterocycles. The highest BCUT2D eigenvalue weighted by molar-refractivity contribution is 5.83. The van der Waals surface area contributed by atoms with E-state index in [0.29, 0.717) is 0 Å². The average Bonchev–Trinajstić information content (AvgIpc) is 1.86. The minimum atomic E-state index is -1.78. The lowest BCUT2D eigenvalue weighted by atomic mass is 9.99. The van der Waals surface area contributed by atoms with Gasteiger partial charge in [-0.1, -0.05) is 13.8 Å². The van der Waals surface area contributed by atoms with Gasteiger partial charge in [-0.05, 0) is 12.8 Å². The maximum atomic E-state index is 12.9. The quantitative estimate of drug-likeness (QED) is 0.613. The van der Waals surface area contributed by atoms with Crippen molar-refractivity contribution >= 4 is 5.91 Å². The zero-order chi connectivity index (χ0) is 7.49. The molecule has 0 aromatic heterocycles. The Balaban J connectivity index is 4.09. The van der Waals surface area contributed by atoms with E-state index in [9.17, 15) is 9.18 Å². The average molecular weight is 133 g/mol. The Morgan fingerprint density at radius 2 is 1.89 bits per heavy atom. The molecular formula is C6H12FNO. The second-order valence-corrected chi connectivity index (χ2v) is 2.04. The maximum Gasteiger partial charge on any atom is 0.255 e. The molecule has 3 heteroatoms. The van der Waals surface area contributed by atoms with Crippen LogP contribution in [0.4, 0.5) is 4.39 Å². The number of rotatable bonds is 3. The van der Waals surface area contributed by atoms with Crippen molar-refractivity contribution in [2.75, 3.05) is 0 Å². The lowest BCUT2D eigenvalue weighted by Gasteiger charge is -2.16. The minimum Gasteiger partial charge on any atom is -0.367 e. The Kier molecular flexibility index (Phi) is 2.62.